The second-order valence-corrected chi connectivity index (χ2v) is 5.73. The average Bonchev–Trinajstić information content (AvgIpc) is 2.69. The van der Waals surface area contributed by atoms with E-state index in [1.807, 2.05) is 36.4 Å². The minimum atomic E-state index is -0.293. The number of amides is 1. The summed E-state index contributed by atoms with van der Waals surface area (Å²) >= 11 is 0. The van der Waals surface area contributed by atoms with Gasteiger partial charge in [-0.2, -0.15) is 0 Å². The third kappa shape index (κ3) is 3.59. The van der Waals surface area contributed by atoms with Crippen LogP contribution in [0.2, 0.25) is 0 Å². The number of anilines is 3. The summed E-state index contributed by atoms with van der Waals surface area (Å²) in [7, 11) is 0. The smallest absolute Gasteiger partial charge is 0.274 e. The molecule has 130 valence electrons. The van der Waals surface area contributed by atoms with Gasteiger partial charge in [-0.1, -0.05) is 18.2 Å². The Morgan fingerprint density at radius 1 is 0.846 bits per heavy atom. The Hall–Kier alpha value is -3.54. The molecule has 1 aliphatic rings. The van der Waals surface area contributed by atoms with Gasteiger partial charge in [0.15, 0.2) is 11.5 Å². The monoisotopic (exact) mass is 347 g/mol. The summed E-state index contributed by atoms with van der Waals surface area (Å²) in [6.45, 7) is 1.03. The van der Waals surface area contributed by atoms with Gasteiger partial charge >= 0.3 is 0 Å². The van der Waals surface area contributed by atoms with E-state index in [0.29, 0.717) is 36.1 Å². The predicted octanol–water partition coefficient (Wildman–Crippen LogP) is 3.85. The molecule has 6 nitrogen and oxygen atoms in total. The summed E-state index contributed by atoms with van der Waals surface area (Å²) < 4.78 is 11.0. The third-order valence-corrected chi connectivity index (χ3v) is 3.86. The zero-order valence-corrected chi connectivity index (χ0v) is 13.9. The molecule has 3 aromatic rings. The first-order chi connectivity index (χ1) is 12.8. The van der Waals surface area contributed by atoms with Crippen molar-refractivity contribution in [3.05, 3.63) is 72.6 Å². The molecule has 0 spiro atoms. The number of nitrogens with one attached hydrogen (secondary N) is 2. The van der Waals surface area contributed by atoms with Crippen LogP contribution in [0.1, 0.15) is 10.5 Å². The molecule has 0 aliphatic carbocycles. The Labute approximate surface area is 150 Å². The molecule has 1 aromatic heterocycles. The number of rotatable bonds is 4. The maximum atomic E-state index is 12.5. The van der Waals surface area contributed by atoms with Crippen LogP contribution in [0.4, 0.5) is 17.1 Å². The number of ether oxygens (including phenoxy) is 2. The molecule has 0 atom stereocenters. The standard InChI is InChI=1S/C20H17N3O3/c24-20(23-15-6-7-18-19(13-15)26-11-10-25-18)17-12-16(8-9-21-17)22-14-4-2-1-3-5-14/h1-9,12-13H,10-11H2,(H,21,22)(H,23,24). The van der Waals surface area contributed by atoms with E-state index in [-0.39, 0.29) is 5.91 Å². The quantitative estimate of drug-likeness (QED) is 0.750. The van der Waals surface area contributed by atoms with Gasteiger partial charge in [-0.3, -0.25) is 9.78 Å². The summed E-state index contributed by atoms with van der Waals surface area (Å²) in [5.41, 5.74) is 2.68. The third-order valence-electron chi connectivity index (χ3n) is 3.86. The van der Waals surface area contributed by atoms with Crippen molar-refractivity contribution < 1.29 is 14.3 Å². The van der Waals surface area contributed by atoms with Crippen LogP contribution in [0.5, 0.6) is 11.5 Å². The molecule has 1 aliphatic heterocycles. The number of pyridine rings is 1. The summed E-state index contributed by atoms with van der Waals surface area (Å²) in [6.07, 6.45) is 1.60. The number of carbonyl (C=O) groups is 1. The summed E-state index contributed by atoms with van der Waals surface area (Å²) in [6, 6.07) is 18.6. The number of hydrogen-bond donors (Lipinski definition) is 2. The molecule has 1 amide bonds. The average molecular weight is 347 g/mol. The number of benzene rings is 2. The predicted molar refractivity (Wildman–Crippen MR) is 99.3 cm³/mol. The van der Waals surface area contributed by atoms with Crippen molar-refractivity contribution in [3.8, 4) is 11.5 Å². The number of para-hydroxylation sites is 1. The van der Waals surface area contributed by atoms with Crippen molar-refractivity contribution >= 4 is 23.0 Å². The SMILES string of the molecule is O=C(Nc1ccc2c(c1)OCCO2)c1cc(Nc2ccccc2)ccn1. The number of carbonyl (C=O) groups excluding carboxylic acids is 1. The van der Waals surface area contributed by atoms with Crippen LogP contribution in [-0.2, 0) is 0 Å². The summed E-state index contributed by atoms with van der Waals surface area (Å²) in [5, 5.41) is 6.08. The van der Waals surface area contributed by atoms with Crippen LogP contribution in [0, 0.1) is 0 Å². The first-order valence-corrected chi connectivity index (χ1v) is 8.27. The lowest BCUT2D eigenvalue weighted by Crippen LogP contribution is -2.17. The molecule has 0 unspecified atom stereocenters. The molecule has 0 fully saturated rings. The van der Waals surface area contributed by atoms with Crippen LogP contribution < -0.4 is 20.1 Å². The van der Waals surface area contributed by atoms with E-state index in [1.54, 1.807) is 30.5 Å². The zero-order chi connectivity index (χ0) is 17.8. The van der Waals surface area contributed by atoms with Gasteiger partial charge in [-0.05, 0) is 36.4 Å². The van der Waals surface area contributed by atoms with E-state index < -0.39 is 0 Å². The molecule has 2 aromatic carbocycles. The molecule has 4 rings (SSSR count). The van der Waals surface area contributed by atoms with E-state index in [1.165, 1.54) is 0 Å². The van der Waals surface area contributed by atoms with Crippen LogP contribution in [0.3, 0.4) is 0 Å². The molecular weight excluding hydrogens is 330 g/mol. The summed E-state index contributed by atoms with van der Waals surface area (Å²) in [4.78, 5) is 16.7. The molecule has 0 bridgehead atoms. The van der Waals surface area contributed by atoms with Gasteiger partial charge in [-0.25, -0.2) is 0 Å². The Balaban J connectivity index is 1.49. The van der Waals surface area contributed by atoms with Gasteiger partial charge in [0.05, 0.1) is 0 Å². The largest absolute Gasteiger partial charge is 0.486 e. The minimum absolute atomic E-state index is 0.293. The van der Waals surface area contributed by atoms with Crippen molar-refractivity contribution in [1.29, 1.82) is 0 Å². The minimum Gasteiger partial charge on any atom is -0.486 e. The van der Waals surface area contributed by atoms with E-state index in [2.05, 4.69) is 15.6 Å². The highest BCUT2D eigenvalue weighted by Crippen LogP contribution is 2.32. The Bertz CT molecular complexity index is 929. The summed E-state index contributed by atoms with van der Waals surface area (Å²) in [5.74, 6) is 1.02. The Kier molecular flexibility index (Phi) is 4.38. The highest BCUT2D eigenvalue weighted by molar-refractivity contribution is 6.03. The molecule has 0 saturated heterocycles. The first kappa shape index (κ1) is 16.0. The van der Waals surface area contributed by atoms with Gasteiger partial charge in [0.2, 0.25) is 0 Å². The van der Waals surface area contributed by atoms with Crippen molar-refractivity contribution in [2.24, 2.45) is 0 Å². The van der Waals surface area contributed by atoms with Gasteiger partial charge in [0, 0.05) is 29.3 Å². The van der Waals surface area contributed by atoms with Crippen molar-refractivity contribution in [2.45, 2.75) is 0 Å². The highest BCUT2D eigenvalue weighted by atomic mass is 16.6. The van der Waals surface area contributed by atoms with Crippen molar-refractivity contribution in [1.82, 2.24) is 4.98 Å². The van der Waals surface area contributed by atoms with E-state index in [0.717, 1.165) is 11.4 Å². The lowest BCUT2D eigenvalue weighted by atomic mass is 10.2. The Morgan fingerprint density at radius 3 is 2.50 bits per heavy atom. The number of fused-ring (bicyclic) bond motifs is 1. The van der Waals surface area contributed by atoms with E-state index >= 15 is 0 Å². The second-order valence-electron chi connectivity index (χ2n) is 5.73. The Morgan fingerprint density at radius 2 is 1.65 bits per heavy atom. The highest BCUT2D eigenvalue weighted by Gasteiger charge is 2.14. The molecule has 0 saturated carbocycles. The molecule has 0 radical (unpaired) electrons. The topological polar surface area (TPSA) is 72.5 Å². The first-order valence-electron chi connectivity index (χ1n) is 8.27. The number of nitrogens with zero attached hydrogens (tertiary/aromatic N) is 1. The molecule has 2 N–H and O–H groups in total. The fraction of sp³-hybridized carbons (Fsp3) is 0.100. The van der Waals surface area contributed by atoms with Crippen molar-refractivity contribution in [3.63, 3.8) is 0 Å². The van der Waals surface area contributed by atoms with Crippen LogP contribution in [-0.4, -0.2) is 24.1 Å². The van der Waals surface area contributed by atoms with Gasteiger partial charge in [0.25, 0.3) is 5.91 Å². The van der Waals surface area contributed by atoms with Crippen LogP contribution in [0.15, 0.2) is 66.9 Å². The molecule has 6 heteroatoms. The van der Waals surface area contributed by atoms with Gasteiger partial charge < -0.3 is 20.1 Å². The fourth-order valence-electron chi connectivity index (χ4n) is 2.64. The lowest BCUT2D eigenvalue weighted by Gasteiger charge is -2.19. The molecule has 2 heterocycles. The normalized spacial score (nSPS) is 12.3. The van der Waals surface area contributed by atoms with E-state index in [4.69, 9.17) is 9.47 Å². The lowest BCUT2D eigenvalue weighted by molar-refractivity contribution is 0.102. The number of hydrogen-bond acceptors (Lipinski definition) is 5. The van der Waals surface area contributed by atoms with Crippen molar-refractivity contribution in [2.75, 3.05) is 23.8 Å². The van der Waals surface area contributed by atoms with E-state index in [9.17, 15) is 4.79 Å². The maximum absolute atomic E-state index is 12.5. The molecule has 26 heavy (non-hydrogen) atoms. The van der Waals surface area contributed by atoms with Gasteiger partial charge in [0.1, 0.15) is 18.9 Å². The van der Waals surface area contributed by atoms with Crippen LogP contribution in [0.25, 0.3) is 0 Å². The molecular formula is C20H17N3O3. The van der Waals surface area contributed by atoms with Gasteiger partial charge in [-0.15, -0.1) is 0 Å². The van der Waals surface area contributed by atoms with Crippen LogP contribution >= 0.6 is 0 Å². The maximum Gasteiger partial charge on any atom is 0.274 e. The fourth-order valence-corrected chi connectivity index (χ4v) is 2.64. The second kappa shape index (κ2) is 7.14. The zero-order valence-electron chi connectivity index (χ0n) is 13.9. The number of aromatic nitrogens is 1.